The molecule has 0 rings (SSSR count). The summed E-state index contributed by atoms with van der Waals surface area (Å²) in [7, 11) is 0. The van der Waals surface area contributed by atoms with Crippen LogP contribution in [-0.2, 0) is 4.74 Å². The van der Waals surface area contributed by atoms with E-state index in [0.717, 1.165) is 13.2 Å². The van der Waals surface area contributed by atoms with Gasteiger partial charge in [-0.3, -0.25) is 0 Å². The van der Waals surface area contributed by atoms with Crippen LogP contribution in [0.1, 0.15) is 93.8 Å². The van der Waals surface area contributed by atoms with Crippen LogP contribution in [0.5, 0.6) is 0 Å². The van der Waals surface area contributed by atoms with E-state index in [1.807, 2.05) is 0 Å². The van der Waals surface area contributed by atoms with Gasteiger partial charge in [0.25, 0.3) is 0 Å². The minimum absolute atomic E-state index is 0. The minimum Gasteiger partial charge on any atom is -1.00 e. The van der Waals surface area contributed by atoms with Crippen molar-refractivity contribution in [1.29, 1.82) is 0 Å². The molecule has 0 unspecified atom stereocenters. The molecular weight excluding hydrogens is 346 g/mol. The van der Waals surface area contributed by atoms with Crippen molar-refractivity contribution >= 4 is 48.9 Å². The Labute approximate surface area is 159 Å². The van der Waals surface area contributed by atoms with E-state index >= 15 is 0 Å². The van der Waals surface area contributed by atoms with Gasteiger partial charge in [-0.2, -0.15) is 0 Å². The number of unbranched alkanes of at least 4 members (excludes halogenated alkanes) is 10. The standard InChI is InChI=1S/C16H34O.Ba.2H/c1-3-5-7-9-11-13-15-17-16-14-12-10-8-6-4-2;;;/h3-16H2,1-2H3;;;/q;+2;2*-1. The van der Waals surface area contributed by atoms with Crippen molar-refractivity contribution in [3.63, 3.8) is 0 Å². The van der Waals surface area contributed by atoms with E-state index in [0.29, 0.717) is 0 Å². The number of rotatable bonds is 14. The van der Waals surface area contributed by atoms with Crippen LogP contribution >= 0.6 is 0 Å². The summed E-state index contributed by atoms with van der Waals surface area (Å²) >= 11 is 0. The molecule has 1 nitrogen and oxygen atoms in total. The van der Waals surface area contributed by atoms with Gasteiger partial charge in [0.1, 0.15) is 0 Å². The SMILES string of the molecule is CCCCCCCCOCCCCCCCC.[Ba+2].[H-].[H-]. The first-order valence-electron chi connectivity index (χ1n) is 7.99. The first kappa shape index (κ1) is 21.8. The fraction of sp³-hybridized carbons (Fsp3) is 1.00. The Morgan fingerprint density at radius 2 is 0.889 bits per heavy atom. The zero-order valence-electron chi connectivity index (χ0n) is 15.0. The van der Waals surface area contributed by atoms with Gasteiger partial charge >= 0.3 is 48.9 Å². The van der Waals surface area contributed by atoms with Crippen LogP contribution in [0.3, 0.4) is 0 Å². The molecule has 0 saturated heterocycles. The molecule has 2 heteroatoms. The predicted octanol–water partition coefficient (Wildman–Crippen LogP) is 5.57. The predicted molar refractivity (Wildman–Crippen MR) is 85.5 cm³/mol. The third-order valence-electron chi connectivity index (χ3n) is 3.28. The van der Waals surface area contributed by atoms with E-state index in [-0.39, 0.29) is 51.7 Å². The number of hydrogen-bond acceptors (Lipinski definition) is 1. The number of hydrogen-bond donors (Lipinski definition) is 0. The average molecular weight is 382 g/mol. The van der Waals surface area contributed by atoms with Gasteiger partial charge in [0.05, 0.1) is 0 Å². The molecule has 0 aromatic heterocycles. The molecule has 0 radical (unpaired) electrons. The third-order valence-corrected chi connectivity index (χ3v) is 3.28. The van der Waals surface area contributed by atoms with Gasteiger partial charge in [-0.25, -0.2) is 0 Å². The second kappa shape index (κ2) is 20.8. The quantitative estimate of drug-likeness (QED) is 0.282. The maximum atomic E-state index is 5.65. The fourth-order valence-corrected chi connectivity index (χ4v) is 2.07. The normalized spacial score (nSPS) is 10.3. The van der Waals surface area contributed by atoms with E-state index in [1.54, 1.807) is 0 Å². The van der Waals surface area contributed by atoms with E-state index in [2.05, 4.69) is 13.8 Å². The van der Waals surface area contributed by atoms with Crippen molar-refractivity contribution in [3.05, 3.63) is 0 Å². The molecule has 0 heterocycles. The summed E-state index contributed by atoms with van der Waals surface area (Å²) in [6, 6.07) is 0. The molecule has 0 spiro atoms. The van der Waals surface area contributed by atoms with Crippen molar-refractivity contribution < 1.29 is 7.59 Å². The summed E-state index contributed by atoms with van der Waals surface area (Å²) in [6.45, 7) is 6.51. The van der Waals surface area contributed by atoms with Crippen molar-refractivity contribution in [1.82, 2.24) is 0 Å². The topological polar surface area (TPSA) is 9.23 Å². The first-order chi connectivity index (χ1) is 8.41. The monoisotopic (exact) mass is 382 g/mol. The van der Waals surface area contributed by atoms with Crippen molar-refractivity contribution in [3.8, 4) is 0 Å². The molecular formula is C16H36BaO. The zero-order valence-corrected chi connectivity index (χ0v) is 17.5. The minimum atomic E-state index is 0. The van der Waals surface area contributed by atoms with Gasteiger partial charge in [0, 0.05) is 13.2 Å². The second-order valence-electron chi connectivity index (χ2n) is 5.15. The largest absolute Gasteiger partial charge is 2.00 e. The average Bonchev–Trinajstić information content (AvgIpc) is 2.35. The fourth-order valence-electron chi connectivity index (χ4n) is 2.07. The molecule has 0 aliphatic rings. The molecule has 0 aromatic carbocycles. The van der Waals surface area contributed by atoms with Crippen LogP contribution in [0.25, 0.3) is 0 Å². The van der Waals surface area contributed by atoms with Crippen LogP contribution in [0.15, 0.2) is 0 Å². The van der Waals surface area contributed by atoms with Crippen LogP contribution in [0.2, 0.25) is 0 Å². The van der Waals surface area contributed by atoms with E-state index < -0.39 is 0 Å². The first-order valence-corrected chi connectivity index (χ1v) is 7.99. The Morgan fingerprint density at radius 3 is 1.28 bits per heavy atom. The summed E-state index contributed by atoms with van der Waals surface area (Å²) < 4.78 is 5.65. The maximum Gasteiger partial charge on any atom is 2.00 e. The van der Waals surface area contributed by atoms with Crippen molar-refractivity contribution in [2.75, 3.05) is 13.2 Å². The second-order valence-corrected chi connectivity index (χ2v) is 5.15. The number of ether oxygens (including phenoxy) is 1. The van der Waals surface area contributed by atoms with Gasteiger partial charge in [0.2, 0.25) is 0 Å². The molecule has 0 fully saturated rings. The summed E-state index contributed by atoms with van der Waals surface area (Å²) in [4.78, 5) is 0. The molecule has 0 aromatic rings. The van der Waals surface area contributed by atoms with Gasteiger partial charge < -0.3 is 7.59 Å². The Kier molecular flexibility index (Phi) is 25.3. The Hall–Kier alpha value is 1.53. The molecule has 0 saturated carbocycles. The molecule has 0 N–H and O–H groups in total. The molecule has 108 valence electrons. The van der Waals surface area contributed by atoms with E-state index in [1.165, 1.54) is 77.0 Å². The van der Waals surface area contributed by atoms with Crippen molar-refractivity contribution in [2.45, 2.75) is 90.9 Å². The van der Waals surface area contributed by atoms with Crippen LogP contribution in [0, 0.1) is 0 Å². The summed E-state index contributed by atoms with van der Waals surface area (Å²) in [6.07, 6.45) is 16.3. The van der Waals surface area contributed by atoms with Crippen LogP contribution in [-0.4, -0.2) is 62.1 Å². The van der Waals surface area contributed by atoms with Gasteiger partial charge in [-0.1, -0.05) is 78.1 Å². The van der Waals surface area contributed by atoms with E-state index in [4.69, 9.17) is 4.74 Å². The summed E-state index contributed by atoms with van der Waals surface area (Å²) in [5.41, 5.74) is 0. The smallest absolute Gasteiger partial charge is 1.00 e. The third kappa shape index (κ3) is 19.9. The Balaban J connectivity index is -0.000000427. The van der Waals surface area contributed by atoms with Crippen LogP contribution < -0.4 is 0 Å². The molecule has 0 aliphatic carbocycles. The van der Waals surface area contributed by atoms with Gasteiger partial charge in [-0.05, 0) is 12.8 Å². The molecule has 0 bridgehead atoms. The molecule has 0 atom stereocenters. The summed E-state index contributed by atoms with van der Waals surface area (Å²) in [5, 5.41) is 0. The van der Waals surface area contributed by atoms with Crippen LogP contribution in [0.4, 0.5) is 0 Å². The molecule has 18 heavy (non-hydrogen) atoms. The van der Waals surface area contributed by atoms with E-state index in [9.17, 15) is 0 Å². The summed E-state index contributed by atoms with van der Waals surface area (Å²) in [5.74, 6) is 0. The maximum absolute atomic E-state index is 5.65. The van der Waals surface area contributed by atoms with Crippen molar-refractivity contribution in [2.24, 2.45) is 0 Å². The molecule has 0 amide bonds. The van der Waals surface area contributed by atoms with Gasteiger partial charge in [-0.15, -0.1) is 0 Å². The molecule has 0 aliphatic heterocycles. The Bertz CT molecular complexity index is 124. The van der Waals surface area contributed by atoms with Gasteiger partial charge in [0.15, 0.2) is 0 Å². The zero-order chi connectivity index (χ0) is 12.6. The Morgan fingerprint density at radius 1 is 0.556 bits per heavy atom.